The number of hydrogen-bond acceptors (Lipinski definition) is 5. The molecular weight excluding hydrogens is 318 g/mol. The van der Waals surface area contributed by atoms with Gasteiger partial charge in [0.15, 0.2) is 5.69 Å². The van der Waals surface area contributed by atoms with Crippen molar-refractivity contribution in [1.82, 2.24) is 35.4 Å². The fourth-order valence-electron chi connectivity index (χ4n) is 3.26. The van der Waals surface area contributed by atoms with Crippen LogP contribution in [0.15, 0.2) is 12.3 Å². The number of hydrogen-bond donors (Lipinski definition) is 2. The summed E-state index contributed by atoms with van der Waals surface area (Å²) in [5.41, 5.74) is 2.55. The van der Waals surface area contributed by atoms with E-state index in [1.54, 1.807) is 10.9 Å². The number of aromatic nitrogens is 5. The van der Waals surface area contributed by atoms with Crippen LogP contribution in [0.3, 0.4) is 0 Å². The number of carbonyl (C=O) groups excluding carboxylic acids is 1. The molecule has 3 rings (SSSR count). The van der Waals surface area contributed by atoms with Crippen molar-refractivity contribution in [2.24, 2.45) is 5.92 Å². The van der Waals surface area contributed by atoms with E-state index in [9.17, 15) is 4.79 Å². The van der Waals surface area contributed by atoms with Crippen molar-refractivity contribution in [3.63, 3.8) is 0 Å². The molecule has 1 unspecified atom stereocenters. The molecule has 0 bridgehead atoms. The number of nitrogens with zero attached hydrogens (tertiary/aromatic N) is 5. The van der Waals surface area contributed by atoms with Crippen molar-refractivity contribution < 1.29 is 4.79 Å². The molecule has 0 radical (unpaired) electrons. The first-order valence-corrected chi connectivity index (χ1v) is 9.02. The molecule has 1 atom stereocenters. The van der Waals surface area contributed by atoms with Crippen LogP contribution in [0.4, 0.5) is 0 Å². The maximum absolute atomic E-state index is 12.2. The largest absolute Gasteiger partial charge is 0.351 e. The summed E-state index contributed by atoms with van der Waals surface area (Å²) >= 11 is 0. The minimum atomic E-state index is -0.165. The van der Waals surface area contributed by atoms with Crippen LogP contribution in [-0.4, -0.2) is 50.3 Å². The highest BCUT2D eigenvalue weighted by Crippen LogP contribution is 2.12. The molecule has 0 aromatic carbocycles. The zero-order chi connectivity index (χ0) is 17.6. The van der Waals surface area contributed by atoms with E-state index in [-0.39, 0.29) is 5.91 Å². The van der Waals surface area contributed by atoms with Crippen LogP contribution in [0, 0.1) is 19.8 Å². The molecule has 8 nitrogen and oxygen atoms in total. The van der Waals surface area contributed by atoms with Crippen LogP contribution >= 0.6 is 0 Å². The van der Waals surface area contributed by atoms with E-state index in [0.717, 1.165) is 44.0 Å². The molecule has 2 N–H and O–H groups in total. The van der Waals surface area contributed by atoms with Gasteiger partial charge in [0.2, 0.25) is 0 Å². The summed E-state index contributed by atoms with van der Waals surface area (Å²) in [5.74, 6) is 0.397. The average molecular weight is 345 g/mol. The van der Waals surface area contributed by atoms with Gasteiger partial charge in [0.25, 0.3) is 5.91 Å². The summed E-state index contributed by atoms with van der Waals surface area (Å²) in [6.45, 7) is 8.33. The maximum atomic E-state index is 12.2. The van der Waals surface area contributed by atoms with Crippen molar-refractivity contribution in [2.45, 2.75) is 46.2 Å². The molecule has 2 aromatic rings. The fraction of sp³-hybridized carbons (Fsp3) is 0.647. The smallest absolute Gasteiger partial charge is 0.273 e. The van der Waals surface area contributed by atoms with Gasteiger partial charge in [0.05, 0.1) is 11.9 Å². The Morgan fingerprint density at radius 3 is 3.04 bits per heavy atom. The van der Waals surface area contributed by atoms with E-state index in [1.807, 2.05) is 18.5 Å². The second kappa shape index (κ2) is 8.24. The van der Waals surface area contributed by atoms with E-state index in [0.29, 0.717) is 18.2 Å². The first kappa shape index (κ1) is 17.6. The second-order valence-electron chi connectivity index (χ2n) is 6.80. The van der Waals surface area contributed by atoms with Crippen molar-refractivity contribution in [1.29, 1.82) is 0 Å². The Kier molecular flexibility index (Phi) is 5.80. The lowest BCUT2D eigenvalue weighted by atomic mass is 10.00. The number of aryl methyl sites for hydroxylation is 3. The van der Waals surface area contributed by atoms with E-state index < -0.39 is 0 Å². The maximum Gasteiger partial charge on any atom is 0.273 e. The third-order valence-electron chi connectivity index (χ3n) is 4.55. The van der Waals surface area contributed by atoms with Crippen molar-refractivity contribution >= 4 is 5.91 Å². The Balaban J connectivity index is 1.41. The molecule has 0 saturated carbocycles. The van der Waals surface area contributed by atoms with Crippen LogP contribution < -0.4 is 10.6 Å². The molecule has 8 heteroatoms. The molecule has 0 aliphatic carbocycles. The van der Waals surface area contributed by atoms with Gasteiger partial charge >= 0.3 is 0 Å². The molecule has 3 heterocycles. The summed E-state index contributed by atoms with van der Waals surface area (Å²) in [5, 5.41) is 18.8. The summed E-state index contributed by atoms with van der Waals surface area (Å²) < 4.78 is 3.75. The van der Waals surface area contributed by atoms with Gasteiger partial charge in [-0.1, -0.05) is 5.21 Å². The SMILES string of the molecule is Cc1cc(C)n(CCCNC(=O)c2cn(CC3CCCNC3)nn2)n1. The minimum Gasteiger partial charge on any atom is -0.351 e. The first-order chi connectivity index (χ1) is 12.1. The highest BCUT2D eigenvalue weighted by molar-refractivity contribution is 5.91. The number of nitrogens with one attached hydrogen (secondary N) is 2. The Labute approximate surface area is 148 Å². The summed E-state index contributed by atoms with van der Waals surface area (Å²) in [6, 6.07) is 2.05. The molecule has 1 aliphatic heterocycles. The Morgan fingerprint density at radius 2 is 2.32 bits per heavy atom. The van der Waals surface area contributed by atoms with E-state index in [4.69, 9.17) is 0 Å². The quantitative estimate of drug-likeness (QED) is 0.728. The number of piperidine rings is 1. The van der Waals surface area contributed by atoms with Crippen LogP contribution in [0.25, 0.3) is 0 Å². The van der Waals surface area contributed by atoms with Gasteiger partial charge in [0.1, 0.15) is 0 Å². The lowest BCUT2D eigenvalue weighted by molar-refractivity contribution is 0.0947. The highest BCUT2D eigenvalue weighted by atomic mass is 16.2. The van der Waals surface area contributed by atoms with Gasteiger partial charge in [-0.2, -0.15) is 5.10 Å². The van der Waals surface area contributed by atoms with E-state index in [2.05, 4.69) is 32.1 Å². The topological polar surface area (TPSA) is 89.7 Å². The van der Waals surface area contributed by atoms with Crippen molar-refractivity contribution in [2.75, 3.05) is 19.6 Å². The molecule has 1 saturated heterocycles. The lowest BCUT2D eigenvalue weighted by Crippen LogP contribution is -2.32. The second-order valence-corrected chi connectivity index (χ2v) is 6.80. The molecule has 1 amide bonds. The minimum absolute atomic E-state index is 0.165. The van der Waals surface area contributed by atoms with Gasteiger partial charge in [-0.3, -0.25) is 14.2 Å². The van der Waals surface area contributed by atoms with Crippen LogP contribution in [-0.2, 0) is 13.1 Å². The zero-order valence-corrected chi connectivity index (χ0v) is 15.0. The fourth-order valence-corrected chi connectivity index (χ4v) is 3.26. The van der Waals surface area contributed by atoms with Crippen LogP contribution in [0.2, 0.25) is 0 Å². The number of rotatable bonds is 7. The third kappa shape index (κ3) is 4.88. The third-order valence-corrected chi connectivity index (χ3v) is 4.55. The predicted octanol–water partition coefficient (Wildman–Crippen LogP) is 0.911. The standard InChI is InChI=1S/C17H27N7O/c1-13-9-14(2)24(21-13)8-4-7-19-17(25)16-12-23(22-20-16)11-15-5-3-6-18-10-15/h9,12,15,18H,3-8,10-11H2,1-2H3,(H,19,25). The van der Waals surface area contributed by atoms with Crippen molar-refractivity contribution in [3.8, 4) is 0 Å². The number of amides is 1. The highest BCUT2D eigenvalue weighted by Gasteiger charge is 2.16. The van der Waals surface area contributed by atoms with Gasteiger partial charge in [-0.05, 0) is 58.2 Å². The molecule has 1 fully saturated rings. The number of carbonyl (C=O) groups is 1. The molecular formula is C17H27N7O. The lowest BCUT2D eigenvalue weighted by Gasteiger charge is -2.22. The zero-order valence-electron chi connectivity index (χ0n) is 15.0. The van der Waals surface area contributed by atoms with Crippen LogP contribution in [0.5, 0.6) is 0 Å². The van der Waals surface area contributed by atoms with E-state index >= 15 is 0 Å². The van der Waals surface area contributed by atoms with Gasteiger partial charge < -0.3 is 10.6 Å². The molecule has 25 heavy (non-hydrogen) atoms. The molecule has 136 valence electrons. The first-order valence-electron chi connectivity index (χ1n) is 9.02. The Bertz CT molecular complexity index is 700. The summed E-state index contributed by atoms with van der Waals surface area (Å²) in [6.07, 6.45) is 4.96. The molecule has 0 spiro atoms. The van der Waals surface area contributed by atoms with Crippen molar-refractivity contribution in [3.05, 3.63) is 29.3 Å². The Morgan fingerprint density at radius 1 is 1.44 bits per heavy atom. The normalized spacial score (nSPS) is 17.6. The van der Waals surface area contributed by atoms with E-state index in [1.165, 1.54) is 12.8 Å². The van der Waals surface area contributed by atoms with Crippen LogP contribution in [0.1, 0.15) is 41.1 Å². The van der Waals surface area contributed by atoms with Gasteiger partial charge in [-0.15, -0.1) is 5.10 Å². The Hall–Kier alpha value is -2.22. The van der Waals surface area contributed by atoms with Gasteiger partial charge in [0, 0.05) is 25.3 Å². The molecule has 2 aromatic heterocycles. The average Bonchev–Trinajstić information content (AvgIpc) is 3.19. The summed E-state index contributed by atoms with van der Waals surface area (Å²) in [4.78, 5) is 12.2. The molecule has 1 aliphatic rings. The predicted molar refractivity (Wildman–Crippen MR) is 94.3 cm³/mol. The van der Waals surface area contributed by atoms with Gasteiger partial charge in [-0.25, -0.2) is 0 Å². The monoisotopic (exact) mass is 345 g/mol. The summed E-state index contributed by atoms with van der Waals surface area (Å²) in [7, 11) is 0.